The quantitative estimate of drug-likeness (QED) is 0.634. The van der Waals surface area contributed by atoms with Gasteiger partial charge in [0.25, 0.3) is 5.56 Å². The lowest BCUT2D eigenvalue weighted by atomic mass is 10.2. The molecule has 1 aromatic heterocycles. The fraction of sp³-hybridized carbons (Fsp3) is 0.286. The number of hydrogen-bond donors (Lipinski definition) is 4. The number of hydrogen-bond acceptors (Lipinski definition) is 5. The van der Waals surface area contributed by atoms with Crippen molar-refractivity contribution in [2.75, 3.05) is 26.6 Å². The van der Waals surface area contributed by atoms with Crippen LogP contribution in [0.3, 0.4) is 0 Å². The molecule has 2 rings (SSSR count). The van der Waals surface area contributed by atoms with Gasteiger partial charge in [-0.05, 0) is 0 Å². The molecule has 0 aliphatic carbocycles. The highest BCUT2D eigenvalue weighted by Crippen LogP contribution is 2.39. The molecule has 2 aromatic rings. The zero-order chi connectivity index (χ0) is 16.8. The summed E-state index contributed by atoms with van der Waals surface area (Å²) in [6, 6.07) is 4.14. The Bertz CT molecular complexity index is 712. The van der Waals surface area contributed by atoms with Crippen LogP contribution < -0.4 is 30.4 Å². The van der Waals surface area contributed by atoms with E-state index in [2.05, 4.69) is 20.8 Å². The fourth-order valence-corrected chi connectivity index (χ4v) is 1.97. The molecule has 0 atom stereocenters. The smallest absolute Gasteiger partial charge is 0.319 e. The molecule has 4 N–H and O–H groups in total. The number of aromatic nitrogens is 2. The van der Waals surface area contributed by atoms with Crippen LogP contribution in [-0.4, -0.2) is 37.6 Å². The van der Waals surface area contributed by atoms with E-state index in [1.807, 2.05) is 0 Å². The summed E-state index contributed by atoms with van der Waals surface area (Å²) in [4.78, 5) is 22.9. The molecule has 1 aromatic carbocycles. The summed E-state index contributed by atoms with van der Waals surface area (Å²) in [6.45, 7) is 0.176. The van der Waals surface area contributed by atoms with Crippen molar-refractivity contribution in [3.05, 3.63) is 34.2 Å². The highest BCUT2D eigenvalue weighted by molar-refractivity contribution is 5.90. The van der Waals surface area contributed by atoms with Crippen molar-refractivity contribution in [2.24, 2.45) is 0 Å². The van der Waals surface area contributed by atoms with Crippen LogP contribution in [-0.2, 0) is 6.54 Å². The van der Waals surface area contributed by atoms with Crippen LogP contribution >= 0.6 is 0 Å². The number of carbonyl (C=O) groups is 1. The number of aromatic amines is 2. The molecule has 0 aliphatic rings. The standard InChI is InChI=1S/C14H18N4O5/c1-21-10-4-8(5-11(22-2)13(10)23-3)16-14(20)15-7-9-6-12(19)18-17-9/h4-6H,7H2,1-3H3,(H2,15,16,20)(H2,17,18,19). The lowest BCUT2D eigenvalue weighted by Crippen LogP contribution is -2.28. The minimum absolute atomic E-state index is 0.176. The molecule has 9 heteroatoms. The first kappa shape index (κ1) is 16.3. The second-order valence-electron chi connectivity index (χ2n) is 4.51. The predicted molar refractivity (Wildman–Crippen MR) is 83.4 cm³/mol. The van der Waals surface area contributed by atoms with Crippen molar-refractivity contribution in [1.82, 2.24) is 15.5 Å². The maximum atomic E-state index is 11.9. The van der Waals surface area contributed by atoms with Crippen LogP contribution in [0.25, 0.3) is 0 Å². The maximum Gasteiger partial charge on any atom is 0.319 e. The van der Waals surface area contributed by atoms with Crippen LogP contribution in [0.5, 0.6) is 17.2 Å². The Kier molecular flexibility index (Phi) is 5.13. The molecular weight excluding hydrogens is 304 g/mol. The van der Waals surface area contributed by atoms with Crippen molar-refractivity contribution in [3.63, 3.8) is 0 Å². The number of rotatable bonds is 6. The Morgan fingerprint density at radius 3 is 2.17 bits per heavy atom. The number of H-pyrrole nitrogens is 2. The van der Waals surface area contributed by atoms with Crippen molar-refractivity contribution in [3.8, 4) is 17.2 Å². The zero-order valence-electron chi connectivity index (χ0n) is 13.0. The first-order valence-electron chi connectivity index (χ1n) is 6.68. The summed E-state index contributed by atoms with van der Waals surface area (Å²) in [7, 11) is 4.48. The Hall–Kier alpha value is -3.10. The predicted octanol–water partition coefficient (Wildman–Crippen LogP) is 1.05. The highest BCUT2D eigenvalue weighted by atomic mass is 16.5. The van der Waals surface area contributed by atoms with E-state index in [0.717, 1.165) is 0 Å². The summed E-state index contributed by atoms with van der Waals surface area (Å²) in [5.74, 6) is 1.29. The van der Waals surface area contributed by atoms with E-state index >= 15 is 0 Å². The molecule has 2 amide bonds. The summed E-state index contributed by atoms with van der Waals surface area (Å²) >= 11 is 0. The van der Waals surface area contributed by atoms with Crippen molar-refractivity contribution < 1.29 is 19.0 Å². The van der Waals surface area contributed by atoms with Gasteiger partial charge in [0.2, 0.25) is 5.75 Å². The third-order valence-corrected chi connectivity index (χ3v) is 3.01. The lowest BCUT2D eigenvalue weighted by molar-refractivity contribution is 0.251. The van der Waals surface area contributed by atoms with E-state index in [0.29, 0.717) is 28.6 Å². The van der Waals surface area contributed by atoms with Gasteiger partial charge in [-0.2, -0.15) is 0 Å². The third kappa shape index (κ3) is 3.96. The summed E-state index contributed by atoms with van der Waals surface area (Å²) in [5, 5.41) is 10.3. The molecule has 0 fully saturated rings. The number of amides is 2. The largest absolute Gasteiger partial charge is 0.493 e. The Morgan fingerprint density at radius 2 is 1.70 bits per heavy atom. The van der Waals surface area contributed by atoms with E-state index < -0.39 is 6.03 Å². The van der Waals surface area contributed by atoms with Gasteiger partial charge in [-0.1, -0.05) is 0 Å². The van der Waals surface area contributed by atoms with Crippen LogP contribution in [0, 0.1) is 0 Å². The minimum Gasteiger partial charge on any atom is -0.493 e. The molecule has 0 aliphatic heterocycles. The van der Waals surface area contributed by atoms with E-state index in [9.17, 15) is 9.59 Å². The van der Waals surface area contributed by atoms with E-state index in [1.54, 1.807) is 12.1 Å². The Morgan fingerprint density at radius 1 is 1.04 bits per heavy atom. The normalized spacial score (nSPS) is 10.0. The van der Waals surface area contributed by atoms with E-state index in [-0.39, 0.29) is 12.1 Å². The first-order chi connectivity index (χ1) is 11.1. The van der Waals surface area contributed by atoms with Crippen molar-refractivity contribution in [1.29, 1.82) is 0 Å². The van der Waals surface area contributed by atoms with E-state index in [4.69, 9.17) is 14.2 Å². The molecule has 23 heavy (non-hydrogen) atoms. The number of carbonyl (C=O) groups excluding carboxylic acids is 1. The third-order valence-electron chi connectivity index (χ3n) is 3.01. The molecule has 9 nitrogen and oxygen atoms in total. The van der Waals surface area contributed by atoms with Crippen LogP contribution in [0.15, 0.2) is 23.0 Å². The van der Waals surface area contributed by atoms with Gasteiger partial charge >= 0.3 is 6.03 Å². The van der Waals surface area contributed by atoms with Gasteiger partial charge in [0.05, 0.1) is 39.3 Å². The average Bonchev–Trinajstić information content (AvgIpc) is 2.97. The first-order valence-corrected chi connectivity index (χ1v) is 6.68. The SMILES string of the molecule is COc1cc(NC(=O)NCc2cc(=O)[nH][nH]2)cc(OC)c1OC. The number of benzene rings is 1. The average molecular weight is 322 g/mol. The monoisotopic (exact) mass is 322 g/mol. The van der Waals surface area contributed by atoms with Gasteiger partial charge in [0.15, 0.2) is 11.5 Å². The fourth-order valence-electron chi connectivity index (χ4n) is 1.97. The zero-order valence-corrected chi connectivity index (χ0v) is 13.0. The van der Waals surface area contributed by atoms with Gasteiger partial charge in [0, 0.05) is 18.2 Å². The Balaban J connectivity index is 2.06. The van der Waals surface area contributed by atoms with Gasteiger partial charge in [-0.15, -0.1) is 0 Å². The molecule has 124 valence electrons. The second-order valence-corrected chi connectivity index (χ2v) is 4.51. The molecule has 0 spiro atoms. The summed E-state index contributed by atoms with van der Waals surface area (Å²) in [5.41, 5.74) is 0.779. The number of nitrogens with one attached hydrogen (secondary N) is 4. The van der Waals surface area contributed by atoms with Gasteiger partial charge in [-0.25, -0.2) is 4.79 Å². The van der Waals surface area contributed by atoms with Crippen molar-refractivity contribution >= 4 is 11.7 Å². The number of urea groups is 1. The lowest BCUT2D eigenvalue weighted by Gasteiger charge is -2.14. The number of ether oxygens (including phenoxy) is 3. The van der Waals surface area contributed by atoms with Crippen LogP contribution in [0.2, 0.25) is 0 Å². The molecular formula is C14H18N4O5. The highest BCUT2D eigenvalue weighted by Gasteiger charge is 2.14. The second kappa shape index (κ2) is 7.25. The van der Waals surface area contributed by atoms with E-state index in [1.165, 1.54) is 27.4 Å². The molecule has 0 saturated carbocycles. The summed E-state index contributed by atoms with van der Waals surface area (Å²) < 4.78 is 15.6. The minimum atomic E-state index is -0.443. The molecule has 0 radical (unpaired) electrons. The van der Waals surface area contributed by atoms with Gasteiger partial charge in [-0.3, -0.25) is 9.89 Å². The molecule has 0 unspecified atom stereocenters. The van der Waals surface area contributed by atoms with Gasteiger partial charge < -0.3 is 29.9 Å². The van der Waals surface area contributed by atoms with Crippen LogP contribution in [0.1, 0.15) is 5.69 Å². The molecule has 0 bridgehead atoms. The number of anilines is 1. The van der Waals surface area contributed by atoms with Crippen molar-refractivity contribution in [2.45, 2.75) is 6.54 Å². The molecule has 0 saturated heterocycles. The summed E-state index contributed by atoms with van der Waals surface area (Å²) in [6.07, 6.45) is 0. The topological polar surface area (TPSA) is 117 Å². The van der Waals surface area contributed by atoms with Crippen LogP contribution in [0.4, 0.5) is 10.5 Å². The maximum absolute atomic E-state index is 11.9. The molecule has 1 heterocycles. The number of methoxy groups -OCH3 is 3. The van der Waals surface area contributed by atoms with Gasteiger partial charge in [0.1, 0.15) is 0 Å². The Labute approximate surface area is 131 Å².